The van der Waals surface area contributed by atoms with E-state index in [0.717, 1.165) is 30.4 Å². The van der Waals surface area contributed by atoms with E-state index in [0.29, 0.717) is 28.7 Å². The fourth-order valence-corrected chi connectivity index (χ4v) is 2.59. The molecule has 0 radical (unpaired) electrons. The molecule has 0 saturated carbocycles. The van der Waals surface area contributed by atoms with Gasteiger partial charge in [-0.1, -0.05) is 49.6 Å². The number of aryl methyl sites for hydroxylation is 1. The van der Waals surface area contributed by atoms with Crippen LogP contribution in [0.3, 0.4) is 0 Å². The van der Waals surface area contributed by atoms with Crippen molar-refractivity contribution in [3.05, 3.63) is 64.1 Å². The molecule has 0 fully saturated rings. The van der Waals surface area contributed by atoms with Crippen molar-refractivity contribution < 1.29 is 13.9 Å². The summed E-state index contributed by atoms with van der Waals surface area (Å²) in [5.41, 5.74) is 2.46. The minimum Gasteiger partial charge on any atom is -0.462 e. The highest BCUT2D eigenvalue weighted by atomic mass is 35.5. The number of carbonyl (C=O) groups excluding carboxylic acids is 1. The maximum Gasteiger partial charge on any atom is 0.341 e. The maximum absolute atomic E-state index is 12.0. The lowest BCUT2D eigenvalue weighted by Crippen LogP contribution is -2.04. The number of benzene rings is 1. The summed E-state index contributed by atoms with van der Waals surface area (Å²) in [4.78, 5) is 12.0. The summed E-state index contributed by atoms with van der Waals surface area (Å²) in [7, 11) is 0. The average Bonchev–Trinajstić information content (AvgIpc) is 2.95. The zero-order chi connectivity index (χ0) is 17.5. The molecule has 4 heteroatoms. The molecule has 1 aromatic heterocycles. The zero-order valence-electron chi connectivity index (χ0n) is 14.4. The molecular weight excluding hydrogens is 324 g/mol. The van der Waals surface area contributed by atoms with E-state index in [9.17, 15) is 4.79 Å². The summed E-state index contributed by atoms with van der Waals surface area (Å²) in [6.07, 6.45) is 5.32. The van der Waals surface area contributed by atoms with Crippen molar-refractivity contribution in [2.45, 2.75) is 40.0 Å². The van der Waals surface area contributed by atoms with Gasteiger partial charge in [0.05, 0.1) is 6.61 Å². The smallest absolute Gasteiger partial charge is 0.341 e. The van der Waals surface area contributed by atoms with Crippen LogP contribution >= 0.6 is 11.6 Å². The van der Waals surface area contributed by atoms with Crippen LogP contribution in [0.1, 0.15) is 60.6 Å². The highest BCUT2D eigenvalue weighted by molar-refractivity contribution is 6.30. The number of rotatable bonds is 7. The van der Waals surface area contributed by atoms with E-state index >= 15 is 0 Å². The van der Waals surface area contributed by atoms with Crippen LogP contribution in [0.2, 0.25) is 5.02 Å². The zero-order valence-corrected chi connectivity index (χ0v) is 15.2. The molecule has 128 valence electrons. The van der Waals surface area contributed by atoms with Crippen molar-refractivity contribution in [2.75, 3.05) is 6.61 Å². The van der Waals surface area contributed by atoms with E-state index in [-0.39, 0.29) is 5.97 Å². The van der Waals surface area contributed by atoms with Crippen molar-refractivity contribution in [3.63, 3.8) is 0 Å². The molecule has 3 nitrogen and oxygen atoms in total. The van der Waals surface area contributed by atoms with Gasteiger partial charge in [0.1, 0.15) is 17.1 Å². The Hall–Kier alpha value is -2.00. The number of carbonyl (C=O) groups is 1. The van der Waals surface area contributed by atoms with E-state index in [4.69, 9.17) is 20.8 Å². The molecule has 0 unspecified atom stereocenters. The average molecular weight is 347 g/mol. The highest BCUT2D eigenvalue weighted by Gasteiger charge is 2.18. The molecule has 0 aliphatic carbocycles. The Kier molecular flexibility index (Phi) is 6.68. The minimum absolute atomic E-state index is 0.342. The second-order valence-corrected chi connectivity index (χ2v) is 6.00. The Morgan fingerprint density at radius 2 is 1.96 bits per heavy atom. The molecule has 0 aliphatic rings. The quantitative estimate of drug-likeness (QED) is 0.453. The van der Waals surface area contributed by atoms with E-state index in [1.165, 1.54) is 0 Å². The van der Waals surface area contributed by atoms with Crippen LogP contribution in [-0.2, 0) is 4.74 Å². The minimum atomic E-state index is -0.353. The molecule has 0 aliphatic heterocycles. The third kappa shape index (κ3) is 4.51. The largest absolute Gasteiger partial charge is 0.462 e. The number of ether oxygens (including phenoxy) is 1. The first kappa shape index (κ1) is 18.3. The summed E-state index contributed by atoms with van der Waals surface area (Å²) in [6.45, 7) is 6.07. The third-order valence-corrected chi connectivity index (χ3v) is 3.99. The van der Waals surface area contributed by atoms with E-state index in [1.807, 2.05) is 24.3 Å². The van der Waals surface area contributed by atoms with Gasteiger partial charge in [-0.3, -0.25) is 0 Å². The second-order valence-electron chi connectivity index (χ2n) is 5.57. The molecule has 0 saturated heterocycles. The summed E-state index contributed by atoms with van der Waals surface area (Å²) in [5, 5.41) is 0.689. The van der Waals surface area contributed by atoms with Gasteiger partial charge in [-0.15, -0.1) is 0 Å². The van der Waals surface area contributed by atoms with Gasteiger partial charge in [0.2, 0.25) is 0 Å². The van der Waals surface area contributed by atoms with E-state index in [1.54, 1.807) is 19.9 Å². The topological polar surface area (TPSA) is 39.4 Å². The summed E-state index contributed by atoms with van der Waals surface area (Å²) < 4.78 is 10.9. The number of furan rings is 1. The normalized spacial score (nSPS) is 11.6. The predicted molar refractivity (Wildman–Crippen MR) is 97.5 cm³/mol. The first-order valence-electron chi connectivity index (χ1n) is 8.30. The molecule has 0 spiro atoms. The van der Waals surface area contributed by atoms with E-state index in [2.05, 4.69) is 13.0 Å². The van der Waals surface area contributed by atoms with Crippen LogP contribution in [0, 0.1) is 6.92 Å². The first-order chi connectivity index (χ1) is 11.6. The number of halogens is 1. The molecule has 0 N–H and O–H groups in total. The van der Waals surface area contributed by atoms with Crippen LogP contribution < -0.4 is 0 Å². The molecule has 2 aromatic rings. The second kappa shape index (κ2) is 8.74. The molecule has 1 heterocycles. The van der Waals surface area contributed by atoms with Crippen molar-refractivity contribution in [2.24, 2.45) is 0 Å². The molecule has 0 bridgehead atoms. The Morgan fingerprint density at radius 3 is 2.58 bits per heavy atom. The number of esters is 1. The van der Waals surface area contributed by atoms with Gasteiger partial charge in [0, 0.05) is 10.6 Å². The molecule has 0 atom stereocenters. The van der Waals surface area contributed by atoms with Crippen molar-refractivity contribution >= 4 is 23.1 Å². The Morgan fingerprint density at radius 1 is 1.25 bits per heavy atom. The third-order valence-electron chi connectivity index (χ3n) is 3.74. The van der Waals surface area contributed by atoms with Crippen LogP contribution in [0.4, 0.5) is 0 Å². The molecule has 24 heavy (non-hydrogen) atoms. The molecular formula is C20H23ClO3. The highest BCUT2D eigenvalue weighted by Crippen LogP contribution is 2.29. The number of hydrogen-bond donors (Lipinski definition) is 0. The Labute approximate surface area is 148 Å². The molecule has 0 amide bonds. The standard InChI is InChI=1S/C20H23ClO3/c1-4-6-7-8-17(15-9-11-16(21)12-10-15)19-13-18(14(3)24-19)20(22)23-5-2/h8-13H,4-7H2,1-3H3/b17-8+. The maximum atomic E-state index is 12.0. The van der Waals surface area contributed by atoms with Gasteiger partial charge in [0.25, 0.3) is 0 Å². The van der Waals surface area contributed by atoms with Crippen molar-refractivity contribution in [1.82, 2.24) is 0 Å². The van der Waals surface area contributed by atoms with Crippen LogP contribution in [0.15, 0.2) is 40.8 Å². The van der Waals surface area contributed by atoms with Gasteiger partial charge >= 0.3 is 5.97 Å². The van der Waals surface area contributed by atoms with Gasteiger partial charge in [-0.25, -0.2) is 4.79 Å². The lowest BCUT2D eigenvalue weighted by molar-refractivity contribution is 0.0524. The van der Waals surface area contributed by atoms with Crippen LogP contribution in [0.25, 0.3) is 5.57 Å². The Bertz CT molecular complexity index is 711. The summed E-state index contributed by atoms with van der Waals surface area (Å²) in [5.74, 6) is 0.891. The molecule has 2 rings (SSSR count). The predicted octanol–water partition coefficient (Wildman–Crippen LogP) is 6.04. The first-order valence-corrected chi connectivity index (χ1v) is 8.68. The summed E-state index contributed by atoms with van der Waals surface area (Å²) >= 11 is 5.99. The van der Waals surface area contributed by atoms with Gasteiger partial charge < -0.3 is 9.15 Å². The summed E-state index contributed by atoms with van der Waals surface area (Å²) in [6, 6.07) is 9.39. The lowest BCUT2D eigenvalue weighted by Gasteiger charge is -2.06. The van der Waals surface area contributed by atoms with Gasteiger partial charge in [-0.05, 0) is 44.0 Å². The number of allylic oxidation sites excluding steroid dienone is 1. The number of hydrogen-bond acceptors (Lipinski definition) is 3. The Balaban J connectivity index is 2.40. The van der Waals surface area contributed by atoms with Crippen LogP contribution in [0.5, 0.6) is 0 Å². The fraction of sp³-hybridized carbons (Fsp3) is 0.350. The monoisotopic (exact) mass is 346 g/mol. The SMILES string of the molecule is CCCC/C=C(\c1ccc(Cl)cc1)c1cc(C(=O)OCC)c(C)o1. The van der Waals surface area contributed by atoms with Crippen molar-refractivity contribution in [1.29, 1.82) is 0 Å². The van der Waals surface area contributed by atoms with Crippen LogP contribution in [-0.4, -0.2) is 12.6 Å². The number of unbranched alkanes of at least 4 members (excludes halogenated alkanes) is 2. The van der Waals surface area contributed by atoms with Crippen molar-refractivity contribution in [3.8, 4) is 0 Å². The van der Waals surface area contributed by atoms with Gasteiger partial charge in [-0.2, -0.15) is 0 Å². The van der Waals surface area contributed by atoms with E-state index < -0.39 is 0 Å². The lowest BCUT2D eigenvalue weighted by atomic mass is 10.0. The molecule has 1 aromatic carbocycles. The fourth-order valence-electron chi connectivity index (χ4n) is 2.47. The van der Waals surface area contributed by atoms with Gasteiger partial charge in [0.15, 0.2) is 0 Å².